The van der Waals surface area contributed by atoms with Crippen LogP contribution in [0.1, 0.15) is 40.7 Å². The Balaban J connectivity index is 1.41. The van der Waals surface area contributed by atoms with Crippen molar-refractivity contribution in [2.75, 3.05) is 13.1 Å². The van der Waals surface area contributed by atoms with Gasteiger partial charge in [-0.2, -0.15) is 0 Å². The summed E-state index contributed by atoms with van der Waals surface area (Å²) in [6.07, 6.45) is 3.18. The molecule has 0 saturated carbocycles. The van der Waals surface area contributed by atoms with Crippen molar-refractivity contribution in [3.8, 4) is 11.5 Å². The van der Waals surface area contributed by atoms with Crippen molar-refractivity contribution < 1.29 is 13.6 Å². The number of hydrogen-bond acceptors (Lipinski definition) is 5. The highest BCUT2D eigenvalue weighted by molar-refractivity contribution is 5.94. The van der Waals surface area contributed by atoms with Crippen molar-refractivity contribution in [2.24, 2.45) is 0 Å². The maximum atomic E-state index is 13.3. The minimum absolute atomic E-state index is 0.112. The Morgan fingerprint density at radius 1 is 1.19 bits per heavy atom. The third-order valence-corrected chi connectivity index (χ3v) is 4.80. The molecule has 1 aromatic carbocycles. The smallest absolute Gasteiger partial charge is 0.253 e. The lowest BCUT2D eigenvalue weighted by atomic mass is 9.96. The van der Waals surface area contributed by atoms with Gasteiger partial charge < -0.3 is 9.32 Å². The van der Waals surface area contributed by atoms with Crippen LogP contribution in [0.3, 0.4) is 0 Å². The second-order valence-electron chi connectivity index (χ2n) is 6.71. The number of halogens is 1. The van der Waals surface area contributed by atoms with Crippen LogP contribution in [0.15, 0.2) is 47.0 Å². The van der Waals surface area contributed by atoms with E-state index in [1.54, 1.807) is 23.2 Å². The van der Waals surface area contributed by atoms with Crippen molar-refractivity contribution >= 4 is 5.91 Å². The molecule has 138 valence electrons. The summed E-state index contributed by atoms with van der Waals surface area (Å²) < 4.78 is 19.2. The van der Waals surface area contributed by atoms with Gasteiger partial charge in [-0.15, -0.1) is 10.2 Å². The summed E-state index contributed by atoms with van der Waals surface area (Å²) in [5, 5.41) is 8.30. The molecular weight excluding hydrogens is 347 g/mol. The lowest BCUT2D eigenvalue weighted by Gasteiger charge is -2.30. The third kappa shape index (κ3) is 3.72. The number of amides is 1. The number of hydrogen-bond donors (Lipinski definition) is 0. The standard InChI is InChI=1S/C20H19FN4O2/c1-13-5-6-16(12-22-13)19-24-23-18(27-19)14-7-9-25(10-8-14)20(26)15-3-2-4-17(21)11-15/h2-6,11-12,14H,7-10H2,1H3. The molecule has 1 aliphatic heterocycles. The zero-order valence-corrected chi connectivity index (χ0v) is 14.9. The molecule has 27 heavy (non-hydrogen) atoms. The predicted octanol–water partition coefficient (Wildman–Crippen LogP) is 3.60. The van der Waals surface area contributed by atoms with Gasteiger partial charge in [-0.1, -0.05) is 6.07 Å². The van der Waals surface area contributed by atoms with E-state index >= 15 is 0 Å². The quantitative estimate of drug-likeness (QED) is 0.708. The number of aryl methyl sites for hydroxylation is 1. The van der Waals surface area contributed by atoms with E-state index in [1.807, 2.05) is 19.1 Å². The largest absolute Gasteiger partial charge is 0.420 e. The van der Waals surface area contributed by atoms with Gasteiger partial charge in [0.2, 0.25) is 11.8 Å². The van der Waals surface area contributed by atoms with Crippen LogP contribution in [0.2, 0.25) is 0 Å². The molecule has 1 saturated heterocycles. The van der Waals surface area contributed by atoms with Crippen LogP contribution >= 0.6 is 0 Å². The SMILES string of the molecule is Cc1ccc(-c2nnc(C3CCN(C(=O)c4cccc(F)c4)CC3)o2)cn1. The summed E-state index contributed by atoms with van der Waals surface area (Å²) in [4.78, 5) is 18.5. The van der Waals surface area contributed by atoms with Crippen molar-refractivity contribution in [3.05, 3.63) is 65.6 Å². The van der Waals surface area contributed by atoms with Crippen LogP contribution in [-0.4, -0.2) is 39.1 Å². The summed E-state index contributed by atoms with van der Waals surface area (Å²) in [5.41, 5.74) is 2.09. The molecule has 0 unspecified atom stereocenters. The first-order valence-electron chi connectivity index (χ1n) is 8.91. The van der Waals surface area contributed by atoms with Gasteiger partial charge in [0.25, 0.3) is 5.91 Å². The van der Waals surface area contributed by atoms with Crippen LogP contribution in [-0.2, 0) is 0 Å². The molecule has 4 rings (SSSR count). The van der Waals surface area contributed by atoms with Crippen LogP contribution in [0.4, 0.5) is 4.39 Å². The van der Waals surface area contributed by atoms with Crippen molar-refractivity contribution in [2.45, 2.75) is 25.7 Å². The fourth-order valence-electron chi connectivity index (χ4n) is 3.24. The van der Waals surface area contributed by atoms with E-state index in [1.165, 1.54) is 12.1 Å². The summed E-state index contributed by atoms with van der Waals surface area (Å²) >= 11 is 0. The van der Waals surface area contributed by atoms with Gasteiger partial charge in [-0.25, -0.2) is 4.39 Å². The normalized spacial score (nSPS) is 15.1. The zero-order chi connectivity index (χ0) is 18.8. The number of benzene rings is 1. The van der Waals surface area contributed by atoms with E-state index in [0.29, 0.717) is 30.4 Å². The lowest BCUT2D eigenvalue weighted by molar-refractivity contribution is 0.0706. The average molecular weight is 366 g/mol. The molecule has 0 atom stereocenters. The van der Waals surface area contributed by atoms with Crippen LogP contribution in [0.25, 0.3) is 11.5 Å². The molecule has 1 aliphatic rings. The number of likely N-dealkylation sites (tertiary alicyclic amines) is 1. The molecule has 1 fully saturated rings. The van der Waals surface area contributed by atoms with Crippen molar-refractivity contribution in [3.63, 3.8) is 0 Å². The van der Waals surface area contributed by atoms with Gasteiger partial charge in [0.15, 0.2) is 0 Å². The Morgan fingerprint density at radius 2 is 2.00 bits per heavy atom. The molecule has 3 heterocycles. The third-order valence-electron chi connectivity index (χ3n) is 4.80. The summed E-state index contributed by atoms with van der Waals surface area (Å²) in [5.74, 6) is 0.602. The first-order valence-corrected chi connectivity index (χ1v) is 8.91. The average Bonchev–Trinajstić information content (AvgIpc) is 3.18. The van der Waals surface area contributed by atoms with Crippen LogP contribution in [0.5, 0.6) is 0 Å². The van der Waals surface area contributed by atoms with Crippen LogP contribution < -0.4 is 0 Å². The van der Waals surface area contributed by atoms with Crippen molar-refractivity contribution in [1.29, 1.82) is 0 Å². The topological polar surface area (TPSA) is 72.1 Å². The fourth-order valence-corrected chi connectivity index (χ4v) is 3.24. The molecule has 0 bridgehead atoms. The highest BCUT2D eigenvalue weighted by atomic mass is 19.1. The number of carbonyl (C=O) groups is 1. The van der Waals surface area contributed by atoms with Gasteiger partial charge >= 0.3 is 0 Å². The van der Waals surface area contributed by atoms with Gasteiger partial charge in [0.05, 0.1) is 5.56 Å². The summed E-state index contributed by atoms with van der Waals surface area (Å²) in [6.45, 7) is 3.07. The lowest BCUT2D eigenvalue weighted by Crippen LogP contribution is -2.38. The molecular formula is C20H19FN4O2. The first kappa shape index (κ1) is 17.3. The Bertz CT molecular complexity index is 947. The van der Waals surface area contributed by atoms with E-state index in [2.05, 4.69) is 15.2 Å². The predicted molar refractivity (Wildman–Crippen MR) is 96.5 cm³/mol. The molecule has 6 nitrogen and oxygen atoms in total. The fraction of sp³-hybridized carbons (Fsp3) is 0.300. The first-order chi connectivity index (χ1) is 13.1. The van der Waals surface area contributed by atoms with Gasteiger partial charge in [-0.3, -0.25) is 9.78 Å². The molecule has 2 aromatic heterocycles. The Kier molecular flexibility index (Phi) is 4.66. The Morgan fingerprint density at radius 3 is 2.70 bits per heavy atom. The molecule has 0 N–H and O–H groups in total. The Labute approximate surface area is 156 Å². The molecule has 0 spiro atoms. The van der Waals surface area contributed by atoms with Gasteiger partial charge in [0, 0.05) is 36.5 Å². The van der Waals surface area contributed by atoms with E-state index in [4.69, 9.17) is 4.42 Å². The molecule has 3 aromatic rings. The van der Waals surface area contributed by atoms with Gasteiger partial charge in [0.1, 0.15) is 5.82 Å². The van der Waals surface area contributed by atoms with Gasteiger partial charge in [-0.05, 0) is 50.1 Å². The highest BCUT2D eigenvalue weighted by Gasteiger charge is 2.28. The maximum Gasteiger partial charge on any atom is 0.253 e. The van der Waals surface area contributed by atoms with E-state index in [9.17, 15) is 9.18 Å². The molecule has 7 heteroatoms. The summed E-state index contributed by atoms with van der Waals surface area (Å²) in [6, 6.07) is 9.59. The van der Waals surface area contributed by atoms with E-state index < -0.39 is 5.82 Å². The minimum Gasteiger partial charge on any atom is -0.420 e. The number of piperidine rings is 1. The molecule has 1 amide bonds. The molecule has 0 aliphatic carbocycles. The monoisotopic (exact) mass is 366 g/mol. The minimum atomic E-state index is -0.403. The number of aromatic nitrogens is 3. The zero-order valence-electron chi connectivity index (χ0n) is 14.9. The second-order valence-corrected chi connectivity index (χ2v) is 6.71. The summed E-state index contributed by atoms with van der Waals surface area (Å²) in [7, 11) is 0. The highest BCUT2D eigenvalue weighted by Crippen LogP contribution is 2.29. The van der Waals surface area contributed by atoms with Crippen LogP contribution in [0, 0.1) is 12.7 Å². The number of rotatable bonds is 3. The molecule has 0 radical (unpaired) electrons. The maximum absolute atomic E-state index is 13.3. The Hall–Kier alpha value is -3.09. The van der Waals surface area contributed by atoms with E-state index in [-0.39, 0.29) is 11.8 Å². The van der Waals surface area contributed by atoms with Crippen molar-refractivity contribution in [1.82, 2.24) is 20.1 Å². The van der Waals surface area contributed by atoms with E-state index in [0.717, 1.165) is 24.1 Å². The second kappa shape index (κ2) is 7.26. The number of carbonyl (C=O) groups excluding carboxylic acids is 1. The number of pyridine rings is 1. The number of nitrogens with zero attached hydrogens (tertiary/aromatic N) is 4.